The van der Waals surface area contributed by atoms with Gasteiger partial charge in [-0.25, -0.2) is 14.4 Å². The van der Waals surface area contributed by atoms with Crippen LogP contribution >= 0.6 is 0 Å². The van der Waals surface area contributed by atoms with Crippen LogP contribution in [0.1, 0.15) is 19.4 Å². The molecule has 1 aromatic rings. The highest BCUT2D eigenvalue weighted by molar-refractivity contribution is 6.07. The molecule has 2 aliphatic heterocycles. The second kappa shape index (κ2) is 8.58. The highest BCUT2D eigenvalue weighted by Crippen LogP contribution is 2.31. The SMILES string of the molecule is CCOC(=O)C1=C(CN2C(=O)NC(C)(c3ccc(OC(F)F)cc3)C2=O)NC(=O)NC1. The van der Waals surface area contributed by atoms with Gasteiger partial charge in [-0.05, 0) is 31.5 Å². The molecule has 2 heterocycles. The second-order valence-electron chi connectivity index (χ2n) is 6.83. The van der Waals surface area contributed by atoms with Crippen LogP contribution in [-0.2, 0) is 19.9 Å². The topological polar surface area (TPSA) is 126 Å². The van der Waals surface area contributed by atoms with Gasteiger partial charge in [-0.15, -0.1) is 0 Å². The van der Waals surface area contributed by atoms with Crippen LogP contribution in [-0.4, -0.2) is 55.1 Å². The van der Waals surface area contributed by atoms with Crippen LogP contribution in [0.25, 0.3) is 0 Å². The number of ether oxygens (including phenoxy) is 2. The number of imide groups is 1. The number of nitrogens with zero attached hydrogens (tertiary/aromatic N) is 1. The van der Waals surface area contributed by atoms with E-state index in [4.69, 9.17) is 4.74 Å². The van der Waals surface area contributed by atoms with E-state index in [2.05, 4.69) is 20.7 Å². The van der Waals surface area contributed by atoms with Gasteiger partial charge in [-0.2, -0.15) is 8.78 Å². The quantitative estimate of drug-likeness (QED) is 0.434. The summed E-state index contributed by atoms with van der Waals surface area (Å²) in [4.78, 5) is 50.4. The Morgan fingerprint density at radius 2 is 1.90 bits per heavy atom. The van der Waals surface area contributed by atoms with Crippen LogP contribution in [0, 0.1) is 0 Å². The molecular weight excluding hydrogens is 418 g/mol. The van der Waals surface area contributed by atoms with Gasteiger partial charge in [-0.1, -0.05) is 12.1 Å². The third kappa shape index (κ3) is 4.42. The number of urea groups is 2. The van der Waals surface area contributed by atoms with Crippen LogP contribution in [0.15, 0.2) is 35.5 Å². The van der Waals surface area contributed by atoms with Gasteiger partial charge in [0.2, 0.25) is 0 Å². The molecule has 12 heteroatoms. The molecule has 1 unspecified atom stereocenters. The van der Waals surface area contributed by atoms with Gasteiger partial charge in [0, 0.05) is 0 Å². The fourth-order valence-electron chi connectivity index (χ4n) is 3.24. The molecule has 5 amide bonds. The Kier molecular flexibility index (Phi) is 6.09. The van der Waals surface area contributed by atoms with Crippen molar-refractivity contribution in [2.24, 2.45) is 0 Å². The lowest BCUT2D eigenvalue weighted by Crippen LogP contribution is -2.48. The Balaban J connectivity index is 1.85. The normalized spacial score (nSPS) is 21.1. The third-order valence-electron chi connectivity index (χ3n) is 4.82. The van der Waals surface area contributed by atoms with Crippen LogP contribution in [0.5, 0.6) is 5.75 Å². The van der Waals surface area contributed by atoms with E-state index in [1.54, 1.807) is 6.92 Å². The summed E-state index contributed by atoms with van der Waals surface area (Å²) < 4.78 is 33.9. The highest BCUT2D eigenvalue weighted by Gasteiger charge is 2.49. The first-order valence-electron chi connectivity index (χ1n) is 9.29. The molecular formula is C19H20F2N4O6. The maximum absolute atomic E-state index is 13.1. The summed E-state index contributed by atoms with van der Waals surface area (Å²) >= 11 is 0. The maximum Gasteiger partial charge on any atom is 0.387 e. The number of benzene rings is 1. The van der Waals surface area contributed by atoms with Crippen molar-refractivity contribution >= 4 is 23.9 Å². The number of nitrogens with one attached hydrogen (secondary N) is 3. The van der Waals surface area contributed by atoms with Crippen molar-refractivity contribution in [3.05, 3.63) is 41.1 Å². The average Bonchev–Trinajstić information content (AvgIpc) is 2.92. The molecule has 10 nitrogen and oxygen atoms in total. The number of hydrogen-bond donors (Lipinski definition) is 3. The predicted octanol–water partition coefficient (Wildman–Crippen LogP) is 1.19. The number of hydrogen-bond acceptors (Lipinski definition) is 6. The van der Waals surface area contributed by atoms with E-state index >= 15 is 0 Å². The Hall–Kier alpha value is -3.70. The van der Waals surface area contributed by atoms with Crippen molar-refractivity contribution in [1.82, 2.24) is 20.9 Å². The van der Waals surface area contributed by atoms with E-state index in [1.165, 1.54) is 31.2 Å². The maximum atomic E-state index is 13.1. The molecule has 2 aliphatic rings. The van der Waals surface area contributed by atoms with Crippen molar-refractivity contribution < 1.29 is 37.4 Å². The van der Waals surface area contributed by atoms with Crippen molar-refractivity contribution in [3.63, 3.8) is 0 Å². The van der Waals surface area contributed by atoms with E-state index in [0.717, 1.165) is 4.90 Å². The Morgan fingerprint density at radius 1 is 1.23 bits per heavy atom. The molecule has 1 atom stereocenters. The van der Waals surface area contributed by atoms with Crippen molar-refractivity contribution in [3.8, 4) is 5.75 Å². The van der Waals surface area contributed by atoms with Crippen LogP contribution in [0.4, 0.5) is 18.4 Å². The first-order chi connectivity index (χ1) is 14.7. The third-order valence-corrected chi connectivity index (χ3v) is 4.82. The molecule has 1 saturated heterocycles. The lowest BCUT2D eigenvalue weighted by Gasteiger charge is -2.25. The molecule has 3 N–H and O–H groups in total. The highest BCUT2D eigenvalue weighted by atomic mass is 19.3. The van der Waals surface area contributed by atoms with Crippen LogP contribution in [0.2, 0.25) is 0 Å². The molecule has 3 rings (SSSR count). The lowest BCUT2D eigenvalue weighted by atomic mass is 9.92. The standard InChI is InChI=1S/C19H20F2N4O6/c1-3-30-14(26)12-8-22-17(28)23-13(12)9-25-15(27)19(2,24-18(25)29)10-4-6-11(7-5-10)31-16(20)21/h4-7,16H,3,8-9H2,1-2H3,(H,24,29)(H2,22,23,28). The van der Waals surface area contributed by atoms with E-state index in [-0.39, 0.29) is 36.7 Å². The first-order valence-corrected chi connectivity index (χ1v) is 9.29. The van der Waals surface area contributed by atoms with Gasteiger partial charge in [0.15, 0.2) is 0 Å². The number of carbonyl (C=O) groups is 4. The fraction of sp³-hybridized carbons (Fsp3) is 0.368. The van der Waals surface area contributed by atoms with Crippen LogP contribution in [0.3, 0.4) is 0 Å². The zero-order valence-electron chi connectivity index (χ0n) is 16.7. The molecule has 1 aromatic carbocycles. The zero-order chi connectivity index (χ0) is 22.8. The van der Waals surface area contributed by atoms with E-state index in [0.29, 0.717) is 5.56 Å². The molecule has 0 aromatic heterocycles. The lowest BCUT2D eigenvalue weighted by molar-refractivity contribution is -0.139. The van der Waals surface area contributed by atoms with Crippen LogP contribution < -0.4 is 20.7 Å². The minimum atomic E-state index is -2.99. The number of amides is 5. The Bertz CT molecular complexity index is 949. The fourth-order valence-corrected chi connectivity index (χ4v) is 3.24. The number of halogens is 2. The summed E-state index contributed by atoms with van der Waals surface area (Å²) in [5, 5.41) is 7.42. The van der Waals surface area contributed by atoms with Crippen molar-refractivity contribution in [2.45, 2.75) is 26.0 Å². The van der Waals surface area contributed by atoms with Crippen molar-refractivity contribution in [1.29, 1.82) is 0 Å². The summed E-state index contributed by atoms with van der Waals surface area (Å²) in [5.41, 5.74) is -0.995. The van der Waals surface area contributed by atoms with Gasteiger partial charge >= 0.3 is 24.6 Å². The largest absolute Gasteiger partial charge is 0.463 e. The molecule has 1 fully saturated rings. The van der Waals surface area contributed by atoms with Crippen molar-refractivity contribution in [2.75, 3.05) is 19.7 Å². The number of alkyl halides is 2. The summed E-state index contributed by atoms with van der Waals surface area (Å²) in [6.07, 6.45) is 0. The van der Waals surface area contributed by atoms with Gasteiger partial charge < -0.3 is 25.4 Å². The Morgan fingerprint density at radius 3 is 2.52 bits per heavy atom. The number of rotatable bonds is 7. The molecule has 166 valence electrons. The minimum Gasteiger partial charge on any atom is -0.463 e. The molecule has 0 radical (unpaired) electrons. The minimum absolute atomic E-state index is 0.0654. The molecule has 31 heavy (non-hydrogen) atoms. The summed E-state index contributed by atoms with van der Waals surface area (Å²) in [5.74, 6) is -1.43. The van der Waals surface area contributed by atoms with Gasteiger partial charge in [0.25, 0.3) is 5.91 Å². The van der Waals surface area contributed by atoms with E-state index in [9.17, 15) is 28.0 Å². The summed E-state index contributed by atoms with van der Waals surface area (Å²) in [6.45, 7) is -0.297. The van der Waals surface area contributed by atoms with Gasteiger partial charge in [-0.3, -0.25) is 9.69 Å². The smallest absolute Gasteiger partial charge is 0.387 e. The monoisotopic (exact) mass is 438 g/mol. The first kappa shape index (κ1) is 22.0. The second-order valence-corrected chi connectivity index (χ2v) is 6.83. The van der Waals surface area contributed by atoms with E-state index < -0.39 is 36.1 Å². The summed E-state index contributed by atoms with van der Waals surface area (Å²) in [6, 6.07) is 3.94. The van der Waals surface area contributed by atoms with E-state index in [1.807, 2.05) is 0 Å². The van der Waals surface area contributed by atoms with Gasteiger partial charge in [0.05, 0.1) is 31.0 Å². The molecule has 0 spiro atoms. The van der Waals surface area contributed by atoms with Gasteiger partial charge in [0.1, 0.15) is 11.3 Å². The zero-order valence-corrected chi connectivity index (χ0v) is 16.7. The molecule has 0 saturated carbocycles. The number of esters is 1. The average molecular weight is 438 g/mol. The Labute approximate surface area is 175 Å². The number of carbonyl (C=O) groups excluding carboxylic acids is 4. The molecule has 0 aliphatic carbocycles. The summed E-state index contributed by atoms with van der Waals surface area (Å²) in [7, 11) is 0. The molecule has 0 bridgehead atoms. The predicted molar refractivity (Wildman–Crippen MR) is 101 cm³/mol.